The van der Waals surface area contributed by atoms with Crippen molar-refractivity contribution in [2.24, 2.45) is 5.92 Å². The van der Waals surface area contributed by atoms with Crippen LogP contribution in [0.1, 0.15) is 18.4 Å². The molecule has 0 saturated carbocycles. The third-order valence-electron chi connectivity index (χ3n) is 5.07. The van der Waals surface area contributed by atoms with E-state index in [4.69, 9.17) is 4.74 Å². The van der Waals surface area contributed by atoms with Gasteiger partial charge in [-0.1, -0.05) is 18.2 Å². The number of ether oxygens (including phenoxy) is 1. The van der Waals surface area contributed by atoms with Crippen molar-refractivity contribution in [1.82, 2.24) is 4.90 Å². The van der Waals surface area contributed by atoms with Crippen LogP contribution in [0, 0.1) is 11.7 Å². The van der Waals surface area contributed by atoms with Crippen LogP contribution in [-0.4, -0.2) is 36.2 Å². The topological polar surface area (TPSA) is 15.8 Å². The Hall–Kier alpha value is -0.930. The van der Waals surface area contributed by atoms with E-state index in [2.05, 4.69) is 4.90 Å². The Labute approximate surface area is 107 Å². The summed E-state index contributed by atoms with van der Waals surface area (Å²) in [5.41, 5.74) is 0.906. The molecule has 4 aliphatic rings. The standard InChI is InChI=1S/C15H18FNO/c16-13-4-2-1-3-11(13)9-14-15(10-18-15)12-5-7-17(14)8-6-12/h1-4,12,14H,5-10H2/t14-,15+/m1/s1. The fourth-order valence-corrected chi connectivity index (χ4v) is 3.97. The van der Waals surface area contributed by atoms with Crippen molar-refractivity contribution in [3.63, 3.8) is 0 Å². The lowest BCUT2D eigenvalue weighted by atomic mass is 9.72. The van der Waals surface area contributed by atoms with Crippen LogP contribution in [0.4, 0.5) is 4.39 Å². The molecule has 4 heterocycles. The molecule has 2 bridgehead atoms. The van der Waals surface area contributed by atoms with Gasteiger partial charge in [0.1, 0.15) is 11.4 Å². The Morgan fingerprint density at radius 2 is 2.00 bits per heavy atom. The second kappa shape index (κ2) is 3.78. The van der Waals surface area contributed by atoms with Gasteiger partial charge in [0.05, 0.1) is 6.61 Å². The van der Waals surface area contributed by atoms with Gasteiger partial charge in [0.2, 0.25) is 0 Å². The van der Waals surface area contributed by atoms with E-state index in [9.17, 15) is 4.39 Å². The Kier molecular flexibility index (Phi) is 2.30. The first-order valence-electron chi connectivity index (χ1n) is 6.91. The molecular weight excluding hydrogens is 229 g/mol. The minimum absolute atomic E-state index is 0.0682. The summed E-state index contributed by atoms with van der Waals surface area (Å²) in [7, 11) is 0. The molecule has 0 aliphatic carbocycles. The van der Waals surface area contributed by atoms with Gasteiger partial charge < -0.3 is 4.74 Å². The van der Waals surface area contributed by atoms with Gasteiger partial charge in [0.25, 0.3) is 0 Å². The largest absolute Gasteiger partial charge is 0.368 e. The smallest absolute Gasteiger partial charge is 0.126 e. The Morgan fingerprint density at radius 3 is 2.67 bits per heavy atom. The molecule has 4 saturated heterocycles. The van der Waals surface area contributed by atoms with Gasteiger partial charge in [0.15, 0.2) is 0 Å². The highest BCUT2D eigenvalue weighted by Gasteiger charge is 2.62. The minimum Gasteiger partial charge on any atom is -0.368 e. The Balaban J connectivity index is 1.63. The van der Waals surface area contributed by atoms with Crippen molar-refractivity contribution < 1.29 is 9.13 Å². The molecule has 5 rings (SSSR count). The quantitative estimate of drug-likeness (QED) is 0.745. The van der Waals surface area contributed by atoms with Gasteiger partial charge in [-0.3, -0.25) is 4.90 Å². The van der Waals surface area contributed by atoms with Crippen molar-refractivity contribution in [1.29, 1.82) is 0 Å². The molecule has 4 fully saturated rings. The molecule has 0 radical (unpaired) electrons. The fraction of sp³-hybridized carbons (Fsp3) is 0.600. The first kappa shape index (κ1) is 10.9. The third-order valence-corrected chi connectivity index (χ3v) is 5.07. The van der Waals surface area contributed by atoms with Crippen LogP contribution in [0.15, 0.2) is 24.3 Å². The number of rotatable bonds is 2. The molecule has 1 spiro atoms. The molecule has 0 amide bonds. The van der Waals surface area contributed by atoms with Crippen molar-refractivity contribution in [3.05, 3.63) is 35.6 Å². The van der Waals surface area contributed by atoms with E-state index in [0.29, 0.717) is 12.0 Å². The predicted molar refractivity (Wildman–Crippen MR) is 66.9 cm³/mol. The lowest BCUT2D eigenvalue weighted by Crippen LogP contribution is -2.61. The van der Waals surface area contributed by atoms with Crippen LogP contribution in [-0.2, 0) is 11.2 Å². The van der Waals surface area contributed by atoms with Gasteiger partial charge in [0, 0.05) is 6.04 Å². The SMILES string of the molecule is Fc1ccccc1C[C@H]1N2CCC(CC2)[C@@]12CO2. The number of fused-ring (bicyclic) bond motifs is 2. The zero-order valence-electron chi connectivity index (χ0n) is 10.4. The molecule has 0 N–H and O–H groups in total. The van der Waals surface area contributed by atoms with Crippen LogP contribution in [0.5, 0.6) is 0 Å². The summed E-state index contributed by atoms with van der Waals surface area (Å²) >= 11 is 0. The van der Waals surface area contributed by atoms with Crippen molar-refractivity contribution in [3.8, 4) is 0 Å². The van der Waals surface area contributed by atoms with Gasteiger partial charge in [-0.2, -0.15) is 0 Å². The predicted octanol–water partition coefficient (Wildman–Crippen LogP) is 2.23. The first-order chi connectivity index (χ1) is 8.79. The van der Waals surface area contributed by atoms with Gasteiger partial charge in [-0.05, 0) is 49.9 Å². The van der Waals surface area contributed by atoms with Crippen molar-refractivity contribution in [2.75, 3.05) is 19.7 Å². The van der Waals surface area contributed by atoms with Gasteiger partial charge in [-0.25, -0.2) is 4.39 Å². The van der Waals surface area contributed by atoms with Crippen LogP contribution < -0.4 is 0 Å². The molecule has 18 heavy (non-hydrogen) atoms. The van der Waals surface area contributed by atoms with Crippen LogP contribution in [0.3, 0.4) is 0 Å². The van der Waals surface area contributed by atoms with Crippen molar-refractivity contribution in [2.45, 2.75) is 30.9 Å². The number of nitrogens with zero attached hydrogens (tertiary/aromatic N) is 1. The van der Waals surface area contributed by atoms with E-state index in [0.717, 1.165) is 31.7 Å². The maximum Gasteiger partial charge on any atom is 0.126 e. The molecule has 0 aromatic heterocycles. The lowest BCUT2D eigenvalue weighted by molar-refractivity contribution is -0.0319. The summed E-state index contributed by atoms with van der Waals surface area (Å²) in [6.45, 7) is 3.21. The maximum atomic E-state index is 13.8. The first-order valence-corrected chi connectivity index (χ1v) is 6.91. The molecule has 1 aromatic rings. The number of hydrogen-bond donors (Lipinski definition) is 0. The molecule has 3 heteroatoms. The van der Waals surface area contributed by atoms with Crippen LogP contribution in [0.25, 0.3) is 0 Å². The summed E-state index contributed by atoms with van der Waals surface area (Å²) in [6.07, 6.45) is 3.31. The number of benzene rings is 1. The highest BCUT2D eigenvalue weighted by molar-refractivity contribution is 5.23. The molecule has 0 unspecified atom stereocenters. The highest BCUT2D eigenvalue weighted by Crippen LogP contribution is 2.51. The van der Waals surface area contributed by atoms with E-state index in [1.165, 1.54) is 12.8 Å². The van der Waals surface area contributed by atoms with E-state index in [1.807, 2.05) is 12.1 Å². The number of piperidine rings is 3. The van der Waals surface area contributed by atoms with E-state index < -0.39 is 0 Å². The average molecular weight is 247 g/mol. The monoisotopic (exact) mass is 247 g/mol. The average Bonchev–Trinajstić information content (AvgIpc) is 3.18. The van der Waals surface area contributed by atoms with Crippen LogP contribution in [0.2, 0.25) is 0 Å². The molecule has 96 valence electrons. The zero-order valence-corrected chi connectivity index (χ0v) is 10.4. The minimum atomic E-state index is -0.0732. The van der Waals surface area contributed by atoms with Crippen LogP contribution >= 0.6 is 0 Å². The normalized spacial score (nSPS) is 41.3. The van der Waals surface area contributed by atoms with E-state index in [-0.39, 0.29) is 11.4 Å². The number of halogens is 1. The number of epoxide rings is 1. The summed E-state index contributed by atoms with van der Waals surface area (Å²) in [5, 5.41) is 0. The summed E-state index contributed by atoms with van der Waals surface area (Å²) < 4.78 is 19.6. The summed E-state index contributed by atoms with van der Waals surface area (Å²) in [5.74, 6) is 0.634. The summed E-state index contributed by atoms with van der Waals surface area (Å²) in [6, 6.07) is 7.55. The van der Waals surface area contributed by atoms with E-state index >= 15 is 0 Å². The fourth-order valence-electron chi connectivity index (χ4n) is 3.97. The summed E-state index contributed by atoms with van der Waals surface area (Å²) in [4.78, 5) is 2.51. The molecule has 1 aromatic carbocycles. The van der Waals surface area contributed by atoms with Gasteiger partial charge >= 0.3 is 0 Å². The molecule has 2 nitrogen and oxygen atoms in total. The van der Waals surface area contributed by atoms with Gasteiger partial charge in [-0.15, -0.1) is 0 Å². The second-order valence-corrected chi connectivity index (χ2v) is 5.87. The number of hydrogen-bond acceptors (Lipinski definition) is 2. The van der Waals surface area contributed by atoms with Crippen molar-refractivity contribution >= 4 is 0 Å². The molecule has 4 aliphatic heterocycles. The molecular formula is C15H18FNO. The van der Waals surface area contributed by atoms with E-state index in [1.54, 1.807) is 12.1 Å². The zero-order chi connectivity index (χ0) is 12.2. The second-order valence-electron chi connectivity index (χ2n) is 5.87. The maximum absolute atomic E-state index is 13.8. The Morgan fingerprint density at radius 1 is 1.28 bits per heavy atom. The lowest BCUT2D eigenvalue weighted by Gasteiger charge is -2.50. The Bertz CT molecular complexity index is 463. The molecule has 2 atom stereocenters. The highest BCUT2D eigenvalue weighted by atomic mass is 19.1. The third kappa shape index (κ3) is 1.47.